The maximum absolute atomic E-state index is 10.2. The molecule has 0 saturated carbocycles. The molecular formula is C13H12N2O3. The number of aromatic nitrogens is 2. The van der Waals surface area contributed by atoms with Gasteiger partial charge in [0.1, 0.15) is 19.3 Å². The number of hydrogen-bond donors (Lipinski definition) is 1. The van der Waals surface area contributed by atoms with Crippen molar-refractivity contribution < 1.29 is 14.6 Å². The number of hydrogen-bond acceptors (Lipinski definition) is 5. The van der Waals surface area contributed by atoms with Crippen molar-refractivity contribution >= 4 is 0 Å². The molecule has 2 aromatic rings. The van der Waals surface area contributed by atoms with Gasteiger partial charge in [0.2, 0.25) is 0 Å². The second-order valence-corrected chi connectivity index (χ2v) is 3.98. The van der Waals surface area contributed by atoms with E-state index >= 15 is 0 Å². The Morgan fingerprint density at radius 2 is 1.83 bits per heavy atom. The van der Waals surface area contributed by atoms with Crippen molar-refractivity contribution in [3.63, 3.8) is 0 Å². The molecule has 0 aliphatic carbocycles. The van der Waals surface area contributed by atoms with Crippen molar-refractivity contribution in [1.82, 2.24) is 10.2 Å². The van der Waals surface area contributed by atoms with E-state index in [0.717, 1.165) is 5.56 Å². The molecule has 1 N–H and O–H groups in total. The summed E-state index contributed by atoms with van der Waals surface area (Å²) in [6.45, 7) is 1.09. The highest BCUT2D eigenvalue weighted by molar-refractivity contribution is 5.45. The highest BCUT2D eigenvalue weighted by atomic mass is 16.6. The van der Waals surface area contributed by atoms with E-state index in [4.69, 9.17) is 9.47 Å². The van der Waals surface area contributed by atoms with Gasteiger partial charge in [-0.3, -0.25) is 0 Å². The third-order valence-electron chi connectivity index (χ3n) is 2.80. The molecule has 1 aromatic carbocycles. The van der Waals surface area contributed by atoms with Crippen molar-refractivity contribution in [3.05, 3.63) is 47.8 Å². The van der Waals surface area contributed by atoms with Crippen molar-refractivity contribution in [2.24, 2.45) is 0 Å². The van der Waals surface area contributed by atoms with Gasteiger partial charge in [0, 0.05) is 11.8 Å². The average molecular weight is 244 g/mol. The fraction of sp³-hybridized carbons (Fsp3) is 0.231. The Labute approximate surface area is 104 Å². The molecule has 1 aliphatic heterocycles. The van der Waals surface area contributed by atoms with Crippen molar-refractivity contribution in [2.75, 3.05) is 13.2 Å². The summed E-state index contributed by atoms with van der Waals surface area (Å²) in [5, 5.41) is 17.7. The van der Waals surface area contributed by atoms with E-state index in [0.29, 0.717) is 30.3 Å². The summed E-state index contributed by atoms with van der Waals surface area (Å²) >= 11 is 0. The standard InChI is InChI=1S/C13H12N2O3/c16-13(10-3-4-14-15-8-10)9-1-2-11-12(7-9)18-6-5-17-11/h1-4,7-8,13,16H,5-6H2. The van der Waals surface area contributed by atoms with Gasteiger partial charge >= 0.3 is 0 Å². The highest BCUT2D eigenvalue weighted by Gasteiger charge is 2.16. The minimum atomic E-state index is -0.740. The summed E-state index contributed by atoms with van der Waals surface area (Å²) in [7, 11) is 0. The fourth-order valence-electron chi connectivity index (χ4n) is 1.89. The van der Waals surface area contributed by atoms with E-state index in [1.165, 1.54) is 0 Å². The molecule has 5 heteroatoms. The first-order valence-electron chi connectivity index (χ1n) is 5.69. The molecule has 0 spiro atoms. The Morgan fingerprint density at radius 3 is 2.61 bits per heavy atom. The molecule has 92 valence electrons. The van der Waals surface area contributed by atoms with Gasteiger partial charge in [0.15, 0.2) is 11.5 Å². The number of ether oxygens (including phenoxy) is 2. The third kappa shape index (κ3) is 2.00. The van der Waals surface area contributed by atoms with E-state index < -0.39 is 6.10 Å². The summed E-state index contributed by atoms with van der Waals surface area (Å²) in [5.41, 5.74) is 1.44. The first-order chi connectivity index (χ1) is 8.84. The van der Waals surface area contributed by atoms with Crippen molar-refractivity contribution in [2.45, 2.75) is 6.10 Å². The van der Waals surface area contributed by atoms with Crippen LogP contribution in [0.2, 0.25) is 0 Å². The quantitative estimate of drug-likeness (QED) is 0.863. The lowest BCUT2D eigenvalue weighted by Gasteiger charge is -2.20. The molecule has 0 amide bonds. The molecule has 18 heavy (non-hydrogen) atoms. The zero-order valence-electron chi connectivity index (χ0n) is 9.61. The monoisotopic (exact) mass is 244 g/mol. The van der Waals surface area contributed by atoms with Crippen LogP contribution in [0.15, 0.2) is 36.7 Å². The molecule has 1 aromatic heterocycles. The van der Waals surface area contributed by atoms with E-state index in [1.807, 2.05) is 12.1 Å². The van der Waals surface area contributed by atoms with Crippen LogP contribution >= 0.6 is 0 Å². The predicted octanol–water partition coefficient (Wildman–Crippen LogP) is 1.33. The van der Waals surface area contributed by atoms with Crippen molar-refractivity contribution in [1.29, 1.82) is 0 Å². The Kier molecular flexibility index (Phi) is 2.82. The van der Waals surface area contributed by atoms with Gasteiger partial charge in [0.25, 0.3) is 0 Å². The van der Waals surface area contributed by atoms with Crippen LogP contribution in [0.3, 0.4) is 0 Å². The van der Waals surface area contributed by atoms with Crippen LogP contribution in [0.5, 0.6) is 11.5 Å². The van der Waals surface area contributed by atoms with Gasteiger partial charge in [-0.15, -0.1) is 0 Å². The SMILES string of the molecule is OC(c1ccnnc1)c1ccc2c(c1)OCCO2. The maximum Gasteiger partial charge on any atom is 0.161 e. The second-order valence-electron chi connectivity index (χ2n) is 3.98. The Bertz CT molecular complexity index is 545. The molecule has 1 atom stereocenters. The first-order valence-corrected chi connectivity index (χ1v) is 5.69. The van der Waals surface area contributed by atoms with E-state index in [9.17, 15) is 5.11 Å². The number of rotatable bonds is 2. The molecule has 2 heterocycles. The fourth-order valence-corrected chi connectivity index (χ4v) is 1.89. The summed E-state index contributed by atoms with van der Waals surface area (Å²) < 4.78 is 10.9. The zero-order valence-corrected chi connectivity index (χ0v) is 9.61. The van der Waals surface area contributed by atoms with E-state index in [-0.39, 0.29) is 0 Å². The topological polar surface area (TPSA) is 64.5 Å². The molecule has 0 bridgehead atoms. The Hall–Kier alpha value is -2.14. The lowest BCUT2D eigenvalue weighted by molar-refractivity contribution is 0.169. The molecule has 0 saturated heterocycles. The van der Waals surface area contributed by atoms with Gasteiger partial charge in [-0.05, 0) is 23.8 Å². The molecule has 3 rings (SSSR count). The maximum atomic E-state index is 10.2. The van der Waals surface area contributed by atoms with Crippen LogP contribution in [0.4, 0.5) is 0 Å². The molecule has 5 nitrogen and oxygen atoms in total. The van der Waals surface area contributed by atoms with E-state index in [2.05, 4.69) is 10.2 Å². The van der Waals surface area contributed by atoms with Gasteiger partial charge < -0.3 is 14.6 Å². The van der Waals surface area contributed by atoms with Crippen LogP contribution in [0.25, 0.3) is 0 Å². The number of nitrogens with zero attached hydrogens (tertiary/aromatic N) is 2. The Morgan fingerprint density at radius 1 is 1.00 bits per heavy atom. The summed E-state index contributed by atoms with van der Waals surface area (Å²) in [5.74, 6) is 1.38. The average Bonchev–Trinajstić information content (AvgIpc) is 2.47. The lowest BCUT2D eigenvalue weighted by atomic mass is 10.0. The van der Waals surface area contributed by atoms with Gasteiger partial charge in [-0.2, -0.15) is 10.2 Å². The largest absolute Gasteiger partial charge is 0.486 e. The van der Waals surface area contributed by atoms with Gasteiger partial charge in [0.05, 0.1) is 6.20 Å². The number of aliphatic hydroxyl groups is 1. The predicted molar refractivity (Wildman–Crippen MR) is 63.5 cm³/mol. The summed E-state index contributed by atoms with van der Waals surface area (Å²) in [4.78, 5) is 0. The van der Waals surface area contributed by atoms with Crippen LogP contribution in [0.1, 0.15) is 17.2 Å². The minimum absolute atomic E-state index is 0.531. The van der Waals surface area contributed by atoms with E-state index in [1.54, 1.807) is 24.5 Å². The van der Waals surface area contributed by atoms with Crippen LogP contribution in [0, 0.1) is 0 Å². The molecule has 1 unspecified atom stereocenters. The molecule has 0 fully saturated rings. The first kappa shape index (κ1) is 11.0. The second kappa shape index (κ2) is 4.62. The number of fused-ring (bicyclic) bond motifs is 1. The Balaban J connectivity index is 1.93. The summed E-state index contributed by atoms with van der Waals surface area (Å²) in [6, 6.07) is 7.15. The van der Waals surface area contributed by atoms with Gasteiger partial charge in [-0.1, -0.05) is 6.07 Å². The number of benzene rings is 1. The number of aliphatic hydroxyl groups excluding tert-OH is 1. The highest BCUT2D eigenvalue weighted by Crippen LogP contribution is 2.33. The van der Waals surface area contributed by atoms with Gasteiger partial charge in [-0.25, -0.2) is 0 Å². The zero-order chi connectivity index (χ0) is 12.4. The summed E-state index contributed by atoms with van der Waals surface area (Å²) in [6.07, 6.45) is 2.36. The van der Waals surface area contributed by atoms with Crippen LogP contribution in [-0.2, 0) is 0 Å². The van der Waals surface area contributed by atoms with Crippen molar-refractivity contribution in [3.8, 4) is 11.5 Å². The lowest BCUT2D eigenvalue weighted by Crippen LogP contribution is -2.15. The smallest absolute Gasteiger partial charge is 0.161 e. The normalized spacial score (nSPS) is 15.2. The molecule has 1 aliphatic rings. The third-order valence-corrected chi connectivity index (χ3v) is 2.80. The van der Waals surface area contributed by atoms with Crippen LogP contribution in [-0.4, -0.2) is 28.5 Å². The van der Waals surface area contributed by atoms with Crippen LogP contribution < -0.4 is 9.47 Å². The molecular weight excluding hydrogens is 232 g/mol. The molecule has 0 radical (unpaired) electrons. The minimum Gasteiger partial charge on any atom is -0.486 e.